The molecule has 0 saturated heterocycles. The van der Waals surface area contributed by atoms with Gasteiger partial charge in [0.15, 0.2) is 5.78 Å². The van der Waals surface area contributed by atoms with E-state index in [0.29, 0.717) is 18.6 Å². The van der Waals surface area contributed by atoms with Gasteiger partial charge in [-0.3, -0.25) is 4.79 Å². The topological polar surface area (TPSA) is 66.8 Å². The lowest BCUT2D eigenvalue weighted by Crippen LogP contribution is -1.99. The molecule has 0 aromatic heterocycles. The van der Waals surface area contributed by atoms with Crippen LogP contribution in [0.1, 0.15) is 29.6 Å². The van der Waals surface area contributed by atoms with Gasteiger partial charge in [0.05, 0.1) is 19.5 Å². The lowest BCUT2D eigenvalue weighted by molar-refractivity contribution is 0.0976. The average Bonchev–Trinajstić information content (AvgIpc) is 2.38. The quantitative estimate of drug-likeness (QED) is 0.422. The molecule has 1 aromatic rings. The van der Waals surface area contributed by atoms with Crippen LogP contribution in [0.2, 0.25) is 0 Å². The third-order valence-electron chi connectivity index (χ3n) is 2.40. The number of aliphatic hydroxyl groups is 1. The van der Waals surface area contributed by atoms with E-state index in [4.69, 9.17) is 14.9 Å². The molecule has 0 heterocycles. The fourth-order valence-electron chi connectivity index (χ4n) is 1.44. The minimum atomic E-state index is -0.0284. The maximum absolute atomic E-state index is 11.7. The van der Waals surface area contributed by atoms with Crippen molar-refractivity contribution in [3.8, 4) is 5.75 Å². The average molecular weight is 250 g/mol. The summed E-state index contributed by atoms with van der Waals surface area (Å²) in [6.07, 6.45) is 4.99. The van der Waals surface area contributed by atoms with E-state index in [1.807, 2.05) is 0 Å². The van der Waals surface area contributed by atoms with E-state index in [0.717, 1.165) is 12.8 Å². The first-order valence-electron chi connectivity index (χ1n) is 5.93. The van der Waals surface area contributed by atoms with Gasteiger partial charge in [-0.25, -0.2) is 0 Å². The van der Waals surface area contributed by atoms with Gasteiger partial charge in [-0.05, 0) is 43.2 Å². The van der Waals surface area contributed by atoms with Gasteiger partial charge in [0, 0.05) is 12.0 Å². The molecule has 2 N–H and O–H groups in total. The molecule has 4 heteroatoms. The number of phenolic OH excluding ortho intramolecular Hbond substituents is 1. The van der Waals surface area contributed by atoms with Crippen molar-refractivity contribution < 1.29 is 19.7 Å². The number of phenols is 1. The zero-order valence-corrected chi connectivity index (χ0v) is 10.2. The Labute approximate surface area is 107 Å². The first-order valence-corrected chi connectivity index (χ1v) is 5.93. The number of ether oxygens (including phenoxy) is 1. The number of hydrogen-bond donors (Lipinski definition) is 2. The molecular formula is C14H18O4. The molecule has 0 aliphatic carbocycles. The standard InChI is InChI=1S/C14H18O4/c15-9-3-11-18-10-2-1-4-14(17)12-5-7-13(16)8-6-12/h3,5-8,11,15-16H,1-2,4,9-10H2. The van der Waals surface area contributed by atoms with Crippen LogP contribution in [-0.4, -0.2) is 29.2 Å². The molecule has 98 valence electrons. The maximum Gasteiger partial charge on any atom is 0.162 e. The van der Waals surface area contributed by atoms with E-state index in [-0.39, 0.29) is 18.1 Å². The minimum Gasteiger partial charge on any atom is -0.508 e. The van der Waals surface area contributed by atoms with E-state index >= 15 is 0 Å². The van der Waals surface area contributed by atoms with Crippen LogP contribution in [-0.2, 0) is 4.74 Å². The molecule has 18 heavy (non-hydrogen) atoms. The van der Waals surface area contributed by atoms with Crippen molar-refractivity contribution in [1.82, 2.24) is 0 Å². The second-order valence-electron chi connectivity index (χ2n) is 3.85. The van der Waals surface area contributed by atoms with Crippen molar-refractivity contribution in [3.05, 3.63) is 42.2 Å². The van der Waals surface area contributed by atoms with Crippen LogP contribution in [0, 0.1) is 0 Å². The number of Topliss-reactive ketones (excluding diaryl/α,β-unsaturated/α-hetero) is 1. The summed E-state index contributed by atoms with van der Waals surface area (Å²) in [7, 11) is 0. The summed E-state index contributed by atoms with van der Waals surface area (Å²) in [6, 6.07) is 6.27. The fraction of sp³-hybridized carbons (Fsp3) is 0.357. The van der Waals surface area contributed by atoms with Crippen LogP contribution in [0.4, 0.5) is 0 Å². The summed E-state index contributed by atoms with van der Waals surface area (Å²) in [4.78, 5) is 11.7. The number of aromatic hydroxyl groups is 1. The second kappa shape index (κ2) is 8.31. The largest absolute Gasteiger partial charge is 0.508 e. The van der Waals surface area contributed by atoms with Crippen molar-refractivity contribution >= 4 is 5.78 Å². The van der Waals surface area contributed by atoms with Crippen molar-refractivity contribution in [1.29, 1.82) is 0 Å². The summed E-state index contributed by atoms with van der Waals surface area (Å²) < 4.78 is 5.09. The smallest absolute Gasteiger partial charge is 0.162 e. The molecule has 0 spiro atoms. The predicted octanol–water partition coefficient (Wildman–Crippen LogP) is 2.27. The Balaban J connectivity index is 2.17. The number of aliphatic hydroxyl groups excluding tert-OH is 1. The van der Waals surface area contributed by atoms with E-state index in [1.165, 1.54) is 24.5 Å². The van der Waals surface area contributed by atoms with Gasteiger partial charge in [-0.15, -0.1) is 0 Å². The maximum atomic E-state index is 11.7. The van der Waals surface area contributed by atoms with E-state index in [2.05, 4.69) is 0 Å². The van der Waals surface area contributed by atoms with Crippen molar-refractivity contribution in [3.63, 3.8) is 0 Å². The third kappa shape index (κ3) is 5.50. The lowest BCUT2D eigenvalue weighted by Gasteiger charge is -2.02. The van der Waals surface area contributed by atoms with Crippen LogP contribution in [0.5, 0.6) is 5.75 Å². The first kappa shape index (κ1) is 14.3. The molecule has 0 fully saturated rings. The molecule has 1 aromatic carbocycles. The highest BCUT2D eigenvalue weighted by atomic mass is 16.5. The Morgan fingerprint density at radius 3 is 2.61 bits per heavy atom. The third-order valence-corrected chi connectivity index (χ3v) is 2.40. The second-order valence-corrected chi connectivity index (χ2v) is 3.85. The summed E-state index contributed by atoms with van der Waals surface area (Å²) in [5, 5.41) is 17.6. The monoisotopic (exact) mass is 250 g/mol. The molecule has 0 atom stereocenters. The Hall–Kier alpha value is -1.81. The Kier molecular flexibility index (Phi) is 6.58. The van der Waals surface area contributed by atoms with Crippen LogP contribution in [0.3, 0.4) is 0 Å². The van der Waals surface area contributed by atoms with Gasteiger partial charge in [0.1, 0.15) is 5.75 Å². The van der Waals surface area contributed by atoms with Crippen molar-refractivity contribution in [2.24, 2.45) is 0 Å². The molecular weight excluding hydrogens is 232 g/mol. The van der Waals surface area contributed by atoms with Crippen LogP contribution in [0.15, 0.2) is 36.6 Å². The molecule has 0 aliphatic rings. The number of hydrogen-bond acceptors (Lipinski definition) is 4. The normalized spacial score (nSPS) is 10.7. The van der Waals surface area contributed by atoms with Crippen LogP contribution >= 0.6 is 0 Å². The SMILES string of the molecule is O=C(CCCCOC=CCO)c1ccc(O)cc1. The summed E-state index contributed by atoms with van der Waals surface area (Å²) >= 11 is 0. The van der Waals surface area contributed by atoms with Crippen LogP contribution in [0.25, 0.3) is 0 Å². The Bertz CT molecular complexity index is 381. The van der Waals surface area contributed by atoms with Crippen molar-refractivity contribution in [2.45, 2.75) is 19.3 Å². The minimum absolute atomic E-state index is 0.0284. The molecule has 0 amide bonds. The highest BCUT2D eigenvalue weighted by Gasteiger charge is 2.04. The first-order chi connectivity index (χ1) is 8.74. The molecule has 4 nitrogen and oxygen atoms in total. The summed E-state index contributed by atoms with van der Waals surface area (Å²) in [5.74, 6) is 0.233. The van der Waals surface area contributed by atoms with E-state index in [9.17, 15) is 4.79 Å². The van der Waals surface area contributed by atoms with E-state index in [1.54, 1.807) is 12.1 Å². The number of benzene rings is 1. The number of unbranched alkanes of at least 4 members (excludes halogenated alkanes) is 1. The fourth-order valence-corrected chi connectivity index (χ4v) is 1.44. The van der Waals surface area contributed by atoms with Crippen molar-refractivity contribution in [2.75, 3.05) is 13.2 Å². The molecule has 1 rings (SSSR count). The Morgan fingerprint density at radius 2 is 1.94 bits per heavy atom. The molecule has 0 unspecified atom stereocenters. The number of rotatable bonds is 8. The van der Waals surface area contributed by atoms with Gasteiger partial charge in [-0.1, -0.05) is 0 Å². The number of carbonyl (C=O) groups excluding carboxylic acids is 1. The molecule has 0 bridgehead atoms. The highest BCUT2D eigenvalue weighted by Crippen LogP contribution is 2.12. The molecule has 0 saturated carbocycles. The van der Waals surface area contributed by atoms with E-state index < -0.39 is 0 Å². The molecule has 0 aliphatic heterocycles. The van der Waals surface area contributed by atoms with Gasteiger partial charge in [-0.2, -0.15) is 0 Å². The number of carbonyl (C=O) groups is 1. The molecule has 0 radical (unpaired) electrons. The zero-order chi connectivity index (χ0) is 13.2. The predicted molar refractivity (Wildman–Crippen MR) is 68.5 cm³/mol. The van der Waals surface area contributed by atoms with Gasteiger partial charge >= 0.3 is 0 Å². The van der Waals surface area contributed by atoms with Gasteiger partial charge in [0.25, 0.3) is 0 Å². The number of ketones is 1. The Morgan fingerprint density at radius 1 is 1.22 bits per heavy atom. The van der Waals surface area contributed by atoms with Gasteiger partial charge in [0.2, 0.25) is 0 Å². The highest BCUT2D eigenvalue weighted by molar-refractivity contribution is 5.96. The summed E-state index contributed by atoms with van der Waals surface area (Å²) in [5.41, 5.74) is 0.619. The summed E-state index contributed by atoms with van der Waals surface area (Å²) in [6.45, 7) is 0.513. The zero-order valence-electron chi connectivity index (χ0n) is 10.2. The lowest BCUT2D eigenvalue weighted by atomic mass is 10.1. The van der Waals surface area contributed by atoms with Gasteiger partial charge < -0.3 is 14.9 Å². The van der Waals surface area contributed by atoms with Crippen LogP contribution < -0.4 is 0 Å².